The molecule has 2 aromatic carbocycles. The largest absolute Gasteiger partial charge is 0.416 e. The number of hydrogen-bond donors (Lipinski definition) is 1. The van der Waals surface area contributed by atoms with Gasteiger partial charge in [-0.05, 0) is 48.0 Å². The van der Waals surface area contributed by atoms with Gasteiger partial charge in [-0.3, -0.25) is 9.78 Å². The number of alkyl halides is 3. The van der Waals surface area contributed by atoms with Crippen molar-refractivity contribution in [3.8, 4) is 5.75 Å². The molecule has 0 aliphatic carbocycles. The third-order valence-electron chi connectivity index (χ3n) is 4.13. The number of benzene rings is 2. The highest BCUT2D eigenvalue weighted by Gasteiger charge is 2.31. The molecular weight excluding hydrogens is 483 g/mol. The highest BCUT2D eigenvalue weighted by Crippen LogP contribution is 2.30. The summed E-state index contributed by atoms with van der Waals surface area (Å²) in [5.41, 5.74) is 2.13. The number of carbonyl (C=O) groups excluding carboxylic acids is 1. The number of hydrogen-bond acceptors (Lipinski definition) is 6. The van der Waals surface area contributed by atoms with Crippen molar-refractivity contribution in [1.82, 2.24) is 10.4 Å². The second kappa shape index (κ2) is 10.0. The summed E-state index contributed by atoms with van der Waals surface area (Å²) in [6.07, 6.45) is -1.01. The van der Waals surface area contributed by atoms with Gasteiger partial charge in [-0.1, -0.05) is 23.7 Å². The van der Waals surface area contributed by atoms with Gasteiger partial charge in [0.05, 0.1) is 24.4 Å². The molecule has 1 N–H and O–H groups in total. The Morgan fingerprint density at radius 2 is 1.88 bits per heavy atom. The zero-order chi connectivity index (χ0) is 24.1. The summed E-state index contributed by atoms with van der Waals surface area (Å²) in [4.78, 5) is 15.3. The minimum absolute atomic E-state index is 0.0138. The van der Waals surface area contributed by atoms with E-state index in [4.69, 9.17) is 15.8 Å². The third kappa shape index (κ3) is 6.77. The molecule has 33 heavy (non-hydrogen) atoms. The van der Waals surface area contributed by atoms with E-state index in [0.29, 0.717) is 22.7 Å². The van der Waals surface area contributed by atoms with Gasteiger partial charge >= 0.3 is 16.3 Å². The maximum absolute atomic E-state index is 12.7. The Hall–Kier alpha value is -3.44. The summed E-state index contributed by atoms with van der Waals surface area (Å²) in [7, 11) is -4.45. The highest BCUT2D eigenvalue weighted by molar-refractivity contribution is 7.87. The predicted molar refractivity (Wildman–Crippen MR) is 114 cm³/mol. The fraction of sp³-hybridized carbons (Fsp3) is 0.0952. The smallest absolute Gasteiger partial charge is 0.377 e. The minimum Gasteiger partial charge on any atom is -0.377 e. The van der Waals surface area contributed by atoms with Gasteiger partial charge in [0.15, 0.2) is 5.75 Å². The van der Waals surface area contributed by atoms with E-state index in [1.54, 1.807) is 24.3 Å². The quantitative estimate of drug-likeness (QED) is 0.299. The van der Waals surface area contributed by atoms with Gasteiger partial charge in [0.2, 0.25) is 5.91 Å². The molecule has 172 valence electrons. The fourth-order valence-corrected chi connectivity index (χ4v) is 3.74. The molecule has 1 heterocycles. The minimum atomic E-state index is -4.60. The van der Waals surface area contributed by atoms with Crippen LogP contribution in [-0.4, -0.2) is 25.5 Å². The van der Waals surface area contributed by atoms with Crippen LogP contribution in [0.3, 0.4) is 0 Å². The first kappa shape index (κ1) is 24.2. The summed E-state index contributed by atoms with van der Waals surface area (Å²) in [6.45, 7) is 0. The highest BCUT2D eigenvalue weighted by atomic mass is 35.5. The van der Waals surface area contributed by atoms with E-state index in [0.717, 1.165) is 24.5 Å². The van der Waals surface area contributed by atoms with Crippen molar-refractivity contribution in [1.29, 1.82) is 0 Å². The van der Waals surface area contributed by atoms with Crippen LogP contribution in [0.1, 0.15) is 16.7 Å². The van der Waals surface area contributed by atoms with Crippen LogP contribution in [0.4, 0.5) is 13.2 Å². The number of nitrogens with one attached hydrogen (secondary N) is 1. The topological polar surface area (TPSA) is 97.7 Å². The lowest BCUT2D eigenvalue weighted by Crippen LogP contribution is -2.20. The van der Waals surface area contributed by atoms with Crippen molar-refractivity contribution in [2.75, 3.05) is 0 Å². The Balaban J connectivity index is 1.70. The molecule has 7 nitrogen and oxygen atoms in total. The first-order valence-corrected chi connectivity index (χ1v) is 11.0. The van der Waals surface area contributed by atoms with Crippen LogP contribution in [0.25, 0.3) is 0 Å². The van der Waals surface area contributed by atoms with Gasteiger partial charge in [-0.15, -0.1) is 0 Å². The Labute approximate surface area is 192 Å². The first-order valence-electron chi connectivity index (χ1n) is 9.17. The average molecular weight is 498 g/mol. The summed E-state index contributed by atoms with van der Waals surface area (Å²) < 4.78 is 68.0. The molecule has 0 aliphatic heterocycles. The van der Waals surface area contributed by atoms with Gasteiger partial charge in [0, 0.05) is 16.8 Å². The van der Waals surface area contributed by atoms with Crippen LogP contribution in [0.15, 0.2) is 77.0 Å². The molecule has 0 saturated carbocycles. The number of halogens is 4. The van der Waals surface area contributed by atoms with Crippen molar-refractivity contribution in [3.63, 3.8) is 0 Å². The van der Waals surface area contributed by atoms with Crippen LogP contribution in [0.2, 0.25) is 5.02 Å². The molecule has 0 unspecified atom stereocenters. The summed E-state index contributed by atoms with van der Waals surface area (Å²) in [5.74, 6) is -0.673. The SMILES string of the molecule is O=C(Cc1cccc(Cl)c1)NN=Cc1ccncc1OS(=O)(=O)c1ccc(C(F)(F)F)cc1. The Bertz CT molecular complexity index is 1280. The number of nitrogens with zero attached hydrogens (tertiary/aromatic N) is 2. The number of hydrazone groups is 1. The Morgan fingerprint density at radius 3 is 2.55 bits per heavy atom. The van der Waals surface area contributed by atoms with E-state index in [2.05, 4.69) is 15.5 Å². The van der Waals surface area contributed by atoms with Crippen molar-refractivity contribution >= 4 is 33.8 Å². The maximum Gasteiger partial charge on any atom is 0.416 e. The second-order valence-corrected chi connectivity index (χ2v) is 8.56. The maximum atomic E-state index is 12.7. The molecule has 12 heteroatoms. The molecule has 0 bridgehead atoms. The normalized spacial score (nSPS) is 12.0. The standard InChI is InChI=1S/C21H15ClF3N3O4S/c22-17-3-1-2-14(10-17)11-20(29)28-27-12-15-8-9-26-13-19(15)32-33(30,31)18-6-4-16(5-7-18)21(23,24)25/h1-10,12-13H,11H2,(H,28,29). The molecule has 1 amide bonds. The van der Waals surface area contributed by atoms with E-state index in [1.807, 2.05) is 0 Å². The van der Waals surface area contributed by atoms with Gasteiger partial charge in [0.1, 0.15) is 4.90 Å². The van der Waals surface area contributed by atoms with E-state index in [9.17, 15) is 26.4 Å². The molecule has 1 aromatic heterocycles. The van der Waals surface area contributed by atoms with Crippen LogP contribution < -0.4 is 9.61 Å². The second-order valence-electron chi connectivity index (χ2n) is 6.57. The number of amides is 1. The van der Waals surface area contributed by atoms with Crippen molar-refractivity contribution in [2.45, 2.75) is 17.5 Å². The average Bonchev–Trinajstić information content (AvgIpc) is 2.74. The number of pyridine rings is 1. The third-order valence-corrected chi connectivity index (χ3v) is 5.62. The van der Waals surface area contributed by atoms with Crippen LogP contribution in [-0.2, 0) is 27.5 Å². The van der Waals surface area contributed by atoms with E-state index in [1.165, 1.54) is 12.3 Å². The fourth-order valence-electron chi connectivity index (χ4n) is 2.59. The first-order chi connectivity index (χ1) is 15.5. The molecule has 0 atom stereocenters. The van der Waals surface area contributed by atoms with E-state index < -0.39 is 32.7 Å². The molecule has 0 aliphatic rings. The van der Waals surface area contributed by atoms with Crippen LogP contribution in [0, 0.1) is 0 Å². The van der Waals surface area contributed by atoms with Crippen LogP contribution >= 0.6 is 11.6 Å². The molecule has 0 saturated heterocycles. The number of carbonyl (C=O) groups is 1. The molecule has 0 radical (unpaired) electrons. The summed E-state index contributed by atoms with van der Waals surface area (Å²) in [6, 6.07) is 11.0. The Morgan fingerprint density at radius 1 is 1.15 bits per heavy atom. The lowest BCUT2D eigenvalue weighted by Gasteiger charge is -2.10. The van der Waals surface area contributed by atoms with Gasteiger partial charge in [-0.25, -0.2) is 5.43 Å². The lowest BCUT2D eigenvalue weighted by atomic mass is 10.1. The number of aromatic nitrogens is 1. The monoisotopic (exact) mass is 497 g/mol. The van der Waals surface area contributed by atoms with Gasteiger partial charge < -0.3 is 4.18 Å². The van der Waals surface area contributed by atoms with Crippen molar-refractivity contribution in [2.24, 2.45) is 5.10 Å². The van der Waals surface area contributed by atoms with Gasteiger partial charge in [-0.2, -0.15) is 26.7 Å². The van der Waals surface area contributed by atoms with Crippen LogP contribution in [0.5, 0.6) is 5.75 Å². The molecule has 0 spiro atoms. The van der Waals surface area contributed by atoms with E-state index in [-0.39, 0.29) is 17.7 Å². The molecule has 3 aromatic rings. The molecule has 3 rings (SSSR count). The Kier molecular flexibility index (Phi) is 7.34. The van der Waals surface area contributed by atoms with Gasteiger partial charge in [0.25, 0.3) is 0 Å². The molecular formula is C21H15ClF3N3O4S. The van der Waals surface area contributed by atoms with Crippen molar-refractivity contribution in [3.05, 3.63) is 88.7 Å². The lowest BCUT2D eigenvalue weighted by molar-refractivity contribution is -0.137. The predicted octanol–water partition coefficient (Wildman–Crippen LogP) is 4.21. The zero-order valence-electron chi connectivity index (χ0n) is 16.6. The number of rotatable bonds is 7. The summed E-state index contributed by atoms with van der Waals surface area (Å²) >= 11 is 5.87. The summed E-state index contributed by atoms with van der Waals surface area (Å²) in [5, 5.41) is 4.26. The van der Waals surface area contributed by atoms with E-state index >= 15 is 0 Å². The molecule has 0 fully saturated rings. The van der Waals surface area contributed by atoms with Crippen molar-refractivity contribution < 1.29 is 30.6 Å². The zero-order valence-corrected chi connectivity index (χ0v) is 18.2.